The van der Waals surface area contributed by atoms with Gasteiger partial charge in [0, 0.05) is 33.1 Å². The number of benzene rings is 3. The summed E-state index contributed by atoms with van der Waals surface area (Å²) < 4.78 is 37.9. The highest BCUT2D eigenvalue weighted by molar-refractivity contribution is 8.17. The fourth-order valence-corrected chi connectivity index (χ4v) is 6.80. The molecule has 0 unspecified atom stereocenters. The summed E-state index contributed by atoms with van der Waals surface area (Å²) in [7, 11) is 0. The van der Waals surface area contributed by atoms with Crippen molar-refractivity contribution in [2.24, 2.45) is 10.3 Å². The van der Waals surface area contributed by atoms with E-state index in [2.05, 4.69) is 0 Å². The van der Waals surface area contributed by atoms with Crippen LogP contribution in [0, 0.1) is 17.6 Å². The van der Waals surface area contributed by atoms with Gasteiger partial charge in [-0.3, -0.25) is 0 Å². The van der Waals surface area contributed by atoms with Gasteiger partial charge in [0.25, 0.3) is 0 Å². The maximum absolute atomic E-state index is 13.4. The van der Waals surface area contributed by atoms with Crippen molar-refractivity contribution in [2.45, 2.75) is 51.4 Å². The van der Waals surface area contributed by atoms with Gasteiger partial charge in [-0.05, 0) is 79.4 Å². The van der Waals surface area contributed by atoms with E-state index in [-0.39, 0.29) is 16.2 Å². The Balaban J connectivity index is 1.51. The lowest BCUT2D eigenvalue weighted by molar-refractivity contribution is 0.236. The molecule has 0 heterocycles. The molecule has 0 saturated heterocycles. The molecule has 178 valence electrons. The second kappa shape index (κ2) is 13.2. The Labute approximate surface area is 213 Å². The van der Waals surface area contributed by atoms with E-state index in [4.69, 9.17) is 9.13 Å². The fraction of sp³-hybridized carbons (Fsp3) is 0.296. The van der Waals surface area contributed by atoms with Crippen molar-refractivity contribution in [1.29, 1.82) is 0 Å². The Morgan fingerprint density at radius 3 is 1.91 bits per heavy atom. The second-order valence-electron chi connectivity index (χ2n) is 8.13. The monoisotopic (exact) mass is 515 g/mol. The molecule has 1 saturated carbocycles. The zero-order valence-electron chi connectivity index (χ0n) is 18.7. The van der Waals surface area contributed by atoms with E-state index in [9.17, 15) is 8.78 Å². The van der Waals surface area contributed by atoms with Crippen LogP contribution in [0.4, 0.5) is 8.78 Å². The first kappa shape index (κ1) is 25.1. The molecule has 0 atom stereocenters. The highest BCUT2D eigenvalue weighted by Gasteiger charge is 2.21. The lowest BCUT2D eigenvalue weighted by Crippen LogP contribution is -2.15. The summed E-state index contributed by atoms with van der Waals surface area (Å²) in [5.74, 6) is 0.775. The van der Waals surface area contributed by atoms with Crippen LogP contribution in [-0.4, -0.2) is 17.1 Å². The lowest BCUT2D eigenvalue weighted by Gasteiger charge is -2.19. The number of nitrogens with zero attached hydrogens (tertiary/aromatic N) is 1. The predicted molar refractivity (Wildman–Crippen MR) is 141 cm³/mol. The number of rotatable bonds is 10. The van der Waals surface area contributed by atoms with E-state index < -0.39 is 0 Å². The van der Waals surface area contributed by atoms with Crippen LogP contribution in [-0.2, 0) is 4.74 Å². The number of hydrogen-bond donors (Lipinski definition) is 0. The summed E-state index contributed by atoms with van der Waals surface area (Å²) in [5.41, 5.74) is 0. The van der Waals surface area contributed by atoms with Crippen LogP contribution >= 0.6 is 35.5 Å². The standard InChI is InChI=1S/C27H27F2NOS3/c28-21-10-14-23(15-11-21)32-27(33-24-16-12-22(29)13-17-24)18-26(31-19-20-6-4-5-7-20)30-34-25-8-2-1-3-9-25/h1-3,8-17,20,27H,4-7,18-19H2/b30-26-. The maximum atomic E-state index is 13.4. The van der Waals surface area contributed by atoms with E-state index in [1.807, 2.05) is 30.3 Å². The van der Waals surface area contributed by atoms with Crippen molar-refractivity contribution in [3.63, 3.8) is 0 Å². The third-order valence-electron chi connectivity index (χ3n) is 5.46. The first-order chi connectivity index (χ1) is 16.6. The van der Waals surface area contributed by atoms with Crippen LogP contribution in [0.2, 0.25) is 0 Å². The summed E-state index contributed by atoms with van der Waals surface area (Å²) in [5, 5.41) is 0. The van der Waals surface area contributed by atoms with Gasteiger partial charge in [0.15, 0.2) is 5.90 Å². The molecule has 34 heavy (non-hydrogen) atoms. The van der Waals surface area contributed by atoms with Gasteiger partial charge in [0.1, 0.15) is 11.6 Å². The van der Waals surface area contributed by atoms with Crippen LogP contribution < -0.4 is 0 Å². The van der Waals surface area contributed by atoms with Gasteiger partial charge < -0.3 is 4.74 Å². The zero-order valence-corrected chi connectivity index (χ0v) is 21.2. The van der Waals surface area contributed by atoms with Gasteiger partial charge in [-0.25, -0.2) is 8.78 Å². The highest BCUT2D eigenvalue weighted by Crippen LogP contribution is 2.38. The summed E-state index contributed by atoms with van der Waals surface area (Å²) in [6.07, 6.45) is 5.54. The third-order valence-corrected chi connectivity index (χ3v) is 8.76. The molecule has 0 aliphatic heterocycles. The lowest BCUT2D eigenvalue weighted by atomic mass is 10.1. The molecule has 1 aliphatic rings. The molecule has 0 aromatic heterocycles. The minimum Gasteiger partial charge on any atom is -0.480 e. The predicted octanol–water partition coefficient (Wildman–Crippen LogP) is 8.88. The summed E-state index contributed by atoms with van der Waals surface area (Å²) in [6, 6.07) is 23.1. The van der Waals surface area contributed by atoms with Crippen molar-refractivity contribution in [3.05, 3.63) is 90.5 Å². The molecule has 1 aliphatic carbocycles. The Morgan fingerprint density at radius 1 is 0.794 bits per heavy atom. The van der Waals surface area contributed by atoms with Crippen LogP contribution in [0.15, 0.2) is 97.9 Å². The zero-order chi connectivity index (χ0) is 23.6. The van der Waals surface area contributed by atoms with Crippen molar-refractivity contribution < 1.29 is 13.5 Å². The normalized spacial score (nSPS) is 14.6. The summed E-state index contributed by atoms with van der Waals surface area (Å²) in [4.78, 5) is 2.98. The minimum absolute atomic E-state index is 0.0228. The Kier molecular flexibility index (Phi) is 9.77. The molecular weight excluding hydrogens is 489 g/mol. The van der Waals surface area contributed by atoms with E-state index >= 15 is 0 Å². The van der Waals surface area contributed by atoms with E-state index in [1.54, 1.807) is 47.8 Å². The van der Waals surface area contributed by atoms with E-state index in [1.165, 1.54) is 61.9 Å². The van der Waals surface area contributed by atoms with Crippen molar-refractivity contribution in [2.75, 3.05) is 6.61 Å². The molecular formula is C27H27F2NOS3. The van der Waals surface area contributed by atoms with Gasteiger partial charge in [-0.1, -0.05) is 31.0 Å². The van der Waals surface area contributed by atoms with Gasteiger partial charge in [0.2, 0.25) is 0 Å². The average molecular weight is 516 g/mol. The quantitative estimate of drug-likeness (QED) is 0.0883. The molecule has 0 N–H and O–H groups in total. The van der Waals surface area contributed by atoms with Crippen LogP contribution in [0.1, 0.15) is 32.1 Å². The van der Waals surface area contributed by atoms with Gasteiger partial charge in [-0.15, -0.1) is 23.5 Å². The minimum atomic E-state index is -0.256. The smallest absolute Gasteiger partial charge is 0.197 e. The van der Waals surface area contributed by atoms with E-state index in [0.717, 1.165) is 14.7 Å². The molecule has 0 radical (unpaired) electrons. The van der Waals surface area contributed by atoms with Gasteiger partial charge >= 0.3 is 0 Å². The Hall–Kier alpha value is -1.96. The van der Waals surface area contributed by atoms with Gasteiger partial charge in [0.05, 0.1) is 11.2 Å². The van der Waals surface area contributed by atoms with Crippen molar-refractivity contribution >= 4 is 41.4 Å². The SMILES string of the molecule is Fc1ccc(SC(C/C(=N/Sc2ccccc2)OCC2CCCC2)Sc2ccc(F)cc2)cc1. The highest BCUT2D eigenvalue weighted by atomic mass is 32.2. The molecule has 7 heteroatoms. The summed E-state index contributed by atoms with van der Waals surface area (Å²) >= 11 is 4.69. The van der Waals surface area contributed by atoms with Crippen molar-refractivity contribution in [3.8, 4) is 0 Å². The largest absolute Gasteiger partial charge is 0.480 e. The Morgan fingerprint density at radius 2 is 1.35 bits per heavy atom. The number of hydrogen-bond acceptors (Lipinski definition) is 5. The first-order valence-corrected chi connectivity index (χ1v) is 13.9. The molecule has 0 amide bonds. The van der Waals surface area contributed by atoms with Gasteiger partial charge in [-0.2, -0.15) is 4.40 Å². The van der Waals surface area contributed by atoms with Crippen molar-refractivity contribution in [1.82, 2.24) is 0 Å². The maximum Gasteiger partial charge on any atom is 0.197 e. The molecule has 1 fully saturated rings. The third kappa shape index (κ3) is 8.36. The first-order valence-electron chi connectivity index (χ1n) is 11.4. The Bertz CT molecular complexity index is 992. The number of ether oxygens (including phenoxy) is 1. The fourth-order valence-electron chi connectivity index (χ4n) is 3.68. The molecule has 0 spiro atoms. The van der Waals surface area contributed by atoms with Crippen LogP contribution in [0.25, 0.3) is 0 Å². The van der Waals surface area contributed by atoms with E-state index in [0.29, 0.717) is 24.8 Å². The van der Waals surface area contributed by atoms with Crippen LogP contribution in [0.5, 0.6) is 0 Å². The average Bonchev–Trinajstić information content (AvgIpc) is 3.38. The molecule has 3 aromatic carbocycles. The molecule has 3 aromatic rings. The molecule has 4 rings (SSSR count). The molecule has 0 bridgehead atoms. The second-order valence-corrected chi connectivity index (χ2v) is 11.8. The topological polar surface area (TPSA) is 21.6 Å². The number of halogens is 2. The van der Waals surface area contributed by atoms with Crippen LogP contribution in [0.3, 0.4) is 0 Å². The summed E-state index contributed by atoms with van der Waals surface area (Å²) in [6.45, 7) is 0.684. The number of thioether (sulfide) groups is 2. The molecule has 2 nitrogen and oxygen atoms in total.